The number of carbonyl (C=O) groups excluding carboxylic acids is 2. The van der Waals surface area contributed by atoms with Crippen LogP contribution in [0.4, 0.5) is 26.8 Å². The number of benzene rings is 1. The van der Waals surface area contributed by atoms with E-state index < -0.39 is 6.09 Å². The van der Waals surface area contributed by atoms with Crippen molar-refractivity contribution in [3.63, 3.8) is 0 Å². The number of fused-ring (bicyclic) bond motifs is 1. The second kappa shape index (κ2) is 14.7. The molecule has 3 aromatic rings. The normalized spacial score (nSPS) is 14.8. The molecule has 3 heterocycles. The number of allylic oxidation sites excluding steroid dienone is 4. The zero-order valence-corrected chi connectivity index (χ0v) is 27.1. The van der Waals surface area contributed by atoms with Crippen molar-refractivity contribution in [2.75, 3.05) is 29.9 Å². The number of hydrogen-bond donors (Lipinski definition) is 1. The second-order valence-electron chi connectivity index (χ2n) is 11.1. The van der Waals surface area contributed by atoms with Gasteiger partial charge >= 0.3 is 12.2 Å². The van der Waals surface area contributed by atoms with Gasteiger partial charge in [-0.25, -0.2) is 19.0 Å². The molecular formula is C34H42N6O5. The summed E-state index contributed by atoms with van der Waals surface area (Å²) in [6.07, 6.45) is 4.96. The summed E-state index contributed by atoms with van der Waals surface area (Å²) >= 11 is 0. The lowest BCUT2D eigenvalue weighted by Gasteiger charge is -2.35. The standard InChI is InChI=1S/C34H42N6O5/c1-8-23(5)44-33(41)38-19-11-10-12-27(38)21-36-31-24(6)32(40-30(17-18-37-40)29(31)20-35)39(34(42)45-25(7)22(3)4)26-13-15-28(16-14-26)43-9-2/h8,13-18,27,36H,9-12,19,21H2,1-7H3/b23-8+. The average Bonchev–Trinajstić information content (AvgIpc) is 3.51. The molecule has 1 fully saturated rings. The maximum absolute atomic E-state index is 13.9. The zero-order chi connectivity index (χ0) is 32.7. The fourth-order valence-corrected chi connectivity index (χ4v) is 5.22. The van der Waals surface area contributed by atoms with Gasteiger partial charge in [-0.05, 0) is 110 Å². The number of aromatic nitrogens is 2. The number of nitrogens with zero attached hydrogens (tertiary/aromatic N) is 5. The molecule has 0 bridgehead atoms. The third-order valence-corrected chi connectivity index (χ3v) is 7.95. The molecule has 1 aromatic carbocycles. The number of hydrogen-bond acceptors (Lipinski definition) is 8. The lowest BCUT2D eigenvalue weighted by molar-refractivity contribution is 0.0969. The molecule has 1 aliphatic heterocycles. The van der Waals surface area contributed by atoms with Gasteiger partial charge in [0.15, 0.2) is 0 Å². The van der Waals surface area contributed by atoms with Crippen LogP contribution in [0.15, 0.2) is 59.7 Å². The molecule has 2 aromatic heterocycles. The monoisotopic (exact) mass is 614 g/mol. The van der Waals surface area contributed by atoms with Crippen LogP contribution < -0.4 is 15.0 Å². The molecule has 1 N–H and O–H groups in total. The Labute approximate surface area is 264 Å². The Balaban J connectivity index is 1.81. The van der Waals surface area contributed by atoms with Gasteiger partial charge in [0.25, 0.3) is 0 Å². The van der Waals surface area contributed by atoms with Crippen molar-refractivity contribution < 1.29 is 23.8 Å². The summed E-state index contributed by atoms with van der Waals surface area (Å²) in [5.41, 5.74) is 3.44. The minimum absolute atomic E-state index is 0.154. The number of amides is 2. The third kappa shape index (κ3) is 7.23. The highest BCUT2D eigenvalue weighted by Crippen LogP contribution is 2.38. The molecule has 0 saturated carbocycles. The van der Waals surface area contributed by atoms with Gasteiger partial charge < -0.3 is 24.4 Å². The molecule has 0 spiro atoms. The Hall–Kier alpha value is -4.98. The van der Waals surface area contributed by atoms with Crippen molar-refractivity contribution in [2.24, 2.45) is 0 Å². The van der Waals surface area contributed by atoms with Crippen LogP contribution >= 0.6 is 0 Å². The van der Waals surface area contributed by atoms with Gasteiger partial charge in [-0.1, -0.05) is 0 Å². The van der Waals surface area contributed by atoms with Crippen LogP contribution in [0.5, 0.6) is 5.75 Å². The molecule has 45 heavy (non-hydrogen) atoms. The Morgan fingerprint density at radius 2 is 1.87 bits per heavy atom. The number of rotatable bonds is 9. The summed E-state index contributed by atoms with van der Waals surface area (Å²) in [4.78, 5) is 30.1. The zero-order valence-electron chi connectivity index (χ0n) is 27.1. The first-order valence-corrected chi connectivity index (χ1v) is 15.3. The number of nitriles is 1. The van der Waals surface area contributed by atoms with Gasteiger partial charge in [-0.2, -0.15) is 10.4 Å². The fourth-order valence-electron chi connectivity index (χ4n) is 5.22. The molecule has 1 unspecified atom stereocenters. The van der Waals surface area contributed by atoms with Crippen molar-refractivity contribution in [3.8, 4) is 11.8 Å². The molecule has 0 radical (unpaired) electrons. The summed E-state index contributed by atoms with van der Waals surface area (Å²) in [5, 5.41) is 18.3. The number of likely N-dealkylation sites (tertiary alicyclic amines) is 1. The number of anilines is 3. The van der Waals surface area contributed by atoms with Crippen molar-refractivity contribution in [1.82, 2.24) is 14.5 Å². The van der Waals surface area contributed by atoms with Crippen molar-refractivity contribution in [1.29, 1.82) is 5.26 Å². The molecule has 1 aliphatic rings. The highest BCUT2D eigenvalue weighted by molar-refractivity contribution is 5.98. The Kier molecular flexibility index (Phi) is 10.7. The van der Waals surface area contributed by atoms with Crippen LogP contribution in [0.3, 0.4) is 0 Å². The largest absolute Gasteiger partial charge is 0.494 e. The van der Waals surface area contributed by atoms with Crippen LogP contribution in [-0.2, 0) is 9.47 Å². The van der Waals surface area contributed by atoms with E-state index in [4.69, 9.17) is 14.2 Å². The molecule has 11 nitrogen and oxygen atoms in total. The number of piperidine rings is 1. The Bertz CT molecular complexity index is 1650. The second-order valence-corrected chi connectivity index (χ2v) is 11.1. The van der Waals surface area contributed by atoms with Crippen LogP contribution in [0.25, 0.3) is 5.52 Å². The number of pyridine rings is 1. The Morgan fingerprint density at radius 3 is 2.51 bits per heavy atom. The van der Waals surface area contributed by atoms with E-state index in [1.165, 1.54) is 4.90 Å². The van der Waals surface area contributed by atoms with E-state index >= 15 is 0 Å². The van der Waals surface area contributed by atoms with E-state index in [0.29, 0.717) is 70.8 Å². The van der Waals surface area contributed by atoms with Crippen LogP contribution in [-0.4, -0.2) is 52.4 Å². The SMILES string of the molecule is C/C=C(\C)OC(=O)N1CCCCC1CNc1c(C)c(N(C(=O)OC(C)=C(C)C)c2ccc(OCC)cc2)n2nccc2c1C#N. The maximum atomic E-state index is 13.9. The smallest absolute Gasteiger partial charge is 0.425 e. The predicted molar refractivity (Wildman–Crippen MR) is 174 cm³/mol. The summed E-state index contributed by atoms with van der Waals surface area (Å²) in [5.74, 6) is 2.10. The first-order chi connectivity index (χ1) is 21.6. The van der Waals surface area contributed by atoms with Crippen LogP contribution in [0, 0.1) is 18.3 Å². The lowest BCUT2D eigenvalue weighted by Crippen LogP contribution is -2.47. The minimum atomic E-state index is -0.631. The Morgan fingerprint density at radius 1 is 1.13 bits per heavy atom. The van der Waals surface area contributed by atoms with Gasteiger partial charge in [0, 0.05) is 18.7 Å². The molecule has 2 amide bonds. The molecule has 238 valence electrons. The topological polar surface area (TPSA) is 121 Å². The highest BCUT2D eigenvalue weighted by atomic mass is 16.6. The van der Waals surface area contributed by atoms with Gasteiger partial charge in [-0.15, -0.1) is 0 Å². The van der Waals surface area contributed by atoms with E-state index in [1.807, 2.05) is 34.6 Å². The van der Waals surface area contributed by atoms with Gasteiger partial charge in [0.1, 0.15) is 34.7 Å². The number of nitrogens with one attached hydrogen (secondary N) is 1. The van der Waals surface area contributed by atoms with Gasteiger partial charge in [0.2, 0.25) is 0 Å². The minimum Gasteiger partial charge on any atom is -0.494 e. The predicted octanol–water partition coefficient (Wildman–Crippen LogP) is 7.83. The first kappa shape index (κ1) is 32.9. The molecule has 1 saturated heterocycles. The average molecular weight is 615 g/mol. The van der Waals surface area contributed by atoms with Crippen LogP contribution in [0.1, 0.15) is 71.9 Å². The van der Waals surface area contributed by atoms with E-state index in [9.17, 15) is 14.9 Å². The molecule has 1 atom stereocenters. The number of ether oxygens (including phenoxy) is 3. The van der Waals surface area contributed by atoms with Crippen LogP contribution in [0.2, 0.25) is 0 Å². The quantitative estimate of drug-likeness (QED) is 0.242. The van der Waals surface area contributed by atoms with E-state index in [1.54, 1.807) is 65.9 Å². The van der Waals surface area contributed by atoms with Gasteiger partial charge in [0.05, 0.1) is 35.7 Å². The van der Waals surface area contributed by atoms with Crippen molar-refractivity contribution in [3.05, 3.63) is 70.8 Å². The third-order valence-electron chi connectivity index (χ3n) is 7.95. The molecular weight excluding hydrogens is 572 g/mol. The van der Waals surface area contributed by atoms with Crippen molar-refractivity contribution in [2.45, 2.75) is 73.8 Å². The van der Waals surface area contributed by atoms with E-state index in [0.717, 1.165) is 24.8 Å². The highest BCUT2D eigenvalue weighted by Gasteiger charge is 2.31. The molecule has 11 heteroatoms. The van der Waals surface area contributed by atoms with Crippen molar-refractivity contribution >= 4 is 34.9 Å². The summed E-state index contributed by atoms with van der Waals surface area (Å²) in [6, 6.07) is 11.1. The maximum Gasteiger partial charge on any atom is 0.425 e. The summed E-state index contributed by atoms with van der Waals surface area (Å²) < 4.78 is 18.6. The summed E-state index contributed by atoms with van der Waals surface area (Å²) in [6.45, 7) is 14.3. The summed E-state index contributed by atoms with van der Waals surface area (Å²) in [7, 11) is 0. The van der Waals surface area contributed by atoms with E-state index in [-0.39, 0.29) is 12.1 Å². The molecule has 4 rings (SSSR count). The van der Waals surface area contributed by atoms with Gasteiger partial charge in [-0.3, -0.25) is 0 Å². The first-order valence-electron chi connectivity index (χ1n) is 15.3. The lowest BCUT2D eigenvalue weighted by atomic mass is 10.0. The molecule has 0 aliphatic carbocycles. The van der Waals surface area contributed by atoms with E-state index in [2.05, 4.69) is 16.5 Å². The number of carbonyl (C=O) groups is 2. The fraction of sp³-hybridized carbons (Fsp3) is 0.412.